The maximum absolute atomic E-state index is 12.7. The third kappa shape index (κ3) is 4.91. The van der Waals surface area contributed by atoms with Gasteiger partial charge in [0.1, 0.15) is 5.76 Å². The standard InChI is InChI=1S/C23H20ClN5O5/c1-13-20-18(26-25-16-8-10-17(11-9-16)29(32)33)6-3-7-19(20)34-21(13)23(31)28-27-22(30)14-4-2-5-15(24)12-14/h2,4-5,8-12,25H,3,6-7H2,1H3,(H,27,30)(H,28,31)/b26-18+. The van der Waals surface area contributed by atoms with Gasteiger partial charge in [-0.25, -0.2) is 0 Å². The smallest absolute Gasteiger partial charge is 0.305 e. The van der Waals surface area contributed by atoms with E-state index in [4.69, 9.17) is 16.0 Å². The number of amides is 2. The quantitative estimate of drug-likeness (QED) is 0.365. The van der Waals surface area contributed by atoms with Crippen LogP contribution in [0.1, 0.15) is 50.6 Å². The number of furan rings is 1. The van der Waals surface area contributed by atoms with Crippen LogP contribution in [0.5, 0.6) is 0 Å². The van der Waals surface area contributed by atoms with E-state index < -0.39 is 16.7 Å². The molecule has 3 aromatic rings. The maximum Gasteiger partial charge on any atom is 0.305 e. The Morgan fingerprint density at radius 2 is 1.82 bits per heavy atom. The Kier molecular flexibility index (Phi) is 6.60. The van der Waals surface area contributed by atoms with Crippen molar-refractivity contribution in [1.29, 1.82) is 0 Å². The molecule has 0 aliphatic heterocycles. The Bertz CT molecular complexity index is 1300. The number of nitro benzene ring substituents is 1. The predicted octanol–water partition coefficient (Wildman–Crippen LogP) is 4.38. The highest BCUT2D eigenvalue weighted by Crippen LogP contribution is 2.30. The molecule has 1 heterocycles. The molecule has 0 fully saturated rings. The molecule has 0 bridgehead atoms. The van der Waals surface area contributed by atoms with Gasteiger partial charge in [0.2, 0.25) is 0 Å². The van der Waals surface area contributed by atoms with E-state index in [-0.39, 0.29) is 11.4 Å². The molecule has 2 aromatic carbocycles. The molecule has 11 heteroatoms. The molecule has 10 nitrogen and oxygen atoms in total. The van der Waals surface area contributed by atoms with Crippen LogP contribution in [0.25, 0.3) is 0 Å². The first-order chi connectivity index (χ1) is 16.3. The maximum atomic E-state index is 12.7. The fraction of sp³-hybridized carbons (Fsp3) is 0.174. The van der Waals surface area contributed by atoms with Gasteiger partial charge in [-0.1, -0.05) is 17.7 Å². The lowest BCUT2D eigenvalue weighted by Gasteiger charge is -2.13. The second kappa shape index (κ2) is 9.75. The molecule has 1 aromatic heterocycles. The van der Waals surface area contributed by atoms with Crippen molar-refractivity contribution in [3.05, 3.63) is 91.9 Å². The molecule has 1 aliphatic rings. The molecule has 0 spiro atoms. The van der Waals surface area contributed by atoms with Gasteiger partial charge in [0.05, 0.1) is 16.3 Å². The third-order valence-corrected chi connectivity index (χ3v) is 5.54. The van der Waals surface area contributed by atoms with Gasteiger partial charge in [-0.3, -0.25) is 36.0 Å². The van der Waals surface area contributed by atoms with E-state index in [0.29, 0.717) is 46.2 Å². The number of hydrogen-bond donors (Lipinski definition) is 3. The second-order valence-corrected chi connectivity index (χ2v) is 8.04. The van der Waals surface area contributed by atoms with Gasteiger partial charge >= 0.3 is 5.91 Å². The zero-order valence-corrected chi connectivity index (χ0v) is 18.8. The van der Waals surface area contributed by atoms with Crippen molar-refractivity contribution < 1.29 is 18.9 Å². The molecule has 0 saturated carbocycles. The molecule has 1 aliphatic carbocycles. The van der Waals surface area contributed by atoms with Crippen LogP contribution in [0.3, 0.4) is 0 Å². The number of rotatable bonds is 5. The number of fused-ring (bicyclic) bond motifs is 1. The summed E-state index contributed by atoms with van der Waals surface area (Å²) in [5, 5.41) is 15.7. The van der Waals surface area contributed by atoms with E-state index in [0.717, 1.165) is 12.0 Å². The first-order valence-electron chi connectivity index (χ1n) is 10.4. The van der Waals surface area contributed by atoms with Gasteiger partial charge in [-0.05, 0) is 50.1 Å². The number of non-ortho nitro benzene ring substituents is 1. The minimum Gasteiger partial charge on any atom is -0.455 e. The molecular weight excluding hydrogens is 462 g/mol. The van der Waals surface area contributed by atoms with E-state index in [1.54, 1.807) is 37.3 Å². The van der Waals surface area contributed by atoms with Crippen molar-refractivity contribution in [2.45, 2.75) is 26.2 Å². The van der Waals surface area contributed by atoms with E-state index in [2.05, 4.69) is 21.4 Å². The summed E-state index contributed by atoms with van der Waals surface area (Å²) in [6, 6.07) is 12.2. The first-order valence-corrected chi connectivity index (χ1v) is 10.8. The SMILES string of the molecule is Cc1c(C(=O)NNC(=O)c2cccc(Cl)c2)oc2c1/C(=N/Nc1ccc([N+](=O)[O-])cc1)CCC2. The van der Waals surface area contributed by atoms with E-state index in [1.165, 1.54) is 18.2 Å². The van der Waals surface area contributed by atoms with Crippen LogP contribution in [-0.2, 0) is 6.42 Å². The van der Waals surface area contributed by atoms with E-state index in [9.17, 15) is 19.7 Å². The number of carbonyl (C=O) groups is 2. The topological polar surface area (TPSA) is 139 Å². The number of nitro groups is 1. The summed E-state index contributed by atoms with van der Waals surface area (Å²) in [5.41, 5.74) is 10.6. The van der Waals surface area contributed by atoms with Crippen molar-refractivity contribution in [3.63, 3.8) is 0 Å². The van der Waals surface area contributed by atoms with Crippen LogP contribution < -0.4 is 16.3 Å². The van der Waals surface area contributed by atoms with Crippen molar-refractivity contribution in [2.24, 2.45) is 5.10 Å². The largest absolute Gasteiger partial charge is 0.455 e. The van der Waals surface area contributed by atoms with Crippen LogP contribution in [0.15, 0.2) is 58.0 Å². The minimum atomic E-state index is -0.593. The van der Waals surface area contributed by atoms with E-state index in [1.807, 2.05) is 0 Å². The Morgan fingerprint density at radius 1 is 1.09 bits per heavy atom. The molecule has 3 N–H and O–H groups in total. The summed E-state index contributed by atoms with van der Waals surface area (Å²) >= 11 is 5.90. The molecule has 0 radical (unpaired) electrons. The first kappa shape index (κ1) is 23.0. The van der Waals surface area contributed by atoms with Crippen LogP contribution in [0.2, 0.25) is 5.02 Å². The monoisotopic (exact) mass is 481 g/mol. The van der Waals surface area contributed by atoms with E-state index >= 15 is 0 Å². The zero-order valence-electron chi connectivity index (χ0n) is 18.1. The number of nitrogens with zero attached hydrogens (tertiary/aromatic N) is 2. The summed E-state index contributed by atoms with van der Waals surface area (Å²) in [7, 11) is 0. The Morgan fingerprint density at radius 3 is 2.53 bits per heavy atom. The predicted molar refractivity (Wildman–Crippen MR) is 126 cm³/mol. The molecule has 4 rings (SSSR count). The number of hydrazone groups is 1. The van der Waals surface area contributed by atoms with Crippen molar-refractivity contribution in [2.75, 3.05) is 5.43 Å². The summed E-state index contributed by atoms with van der Waals surface area (Å²) in [5.74, 6) is -0.384. The lowest BCUT2D eigenvalue weighted by atomic mass is 9.93. The lowest BCUT2D eigenvalue weighted by Crippen LogP contribution is -2.41. The average molecular weight is 482 g/mol. The van der Waals surface area contributed by atoms with Gasteiger partial charge in [0.15, 0.2) is 5.76 Å². The third-order valence-electron chi connectivity index (χ3n) is 5.31. The van der Waals surface area contributed by atoms with Gasteiger partial charge in [0, 0.05) is 40.3 Å². The fourth-order valence-corrected chi connectivity index (χ4v) is 3.85. The molecule has 34 heavy (non-hydrogen) atoms. The molecular formula is C23H20ClN5O5. The number of carbonyl (C=O) groups excluding carboxylic acids is 2. The molecule has 0 unspecified atom stereocenters. The number of halogens is 1. The zero-order chi connectivity index (χ0) is 24.2. The average Bonchev–Trinajstić information content (AvgIpc) is 3.18. The Hall–Kier alpha value is -4.18. The molecule has 0 atom stereocenters. The van der Waals surface area contributed by atoms with Gasteiger partial charge < -0.3 is 4.42 Å². The van der Waals surface area contributed by atoms with Crippen LogP contribution in [0.4, 0.5) is 11.4 Å². The summed E-state index contributed by atoms with van der Waals surface area (Å²) < 4.78 is 5.81. The fourth-order valence-electron chi connectivity index (χ4n) is 3.66. The molecule has 0 saturated heterocycles. The Balaban J connectivity index is 1.48. The summed E-state index contributed by atoms with van der Waals surface area (Å²) in [4.78, 5) is 35.3. The highest BCUT2D eigenvalue weighted by molar-refractivity contribution is 6.31. The normalized spacial score (nSPS) is 13.8. The van der Waals surface area contributed by atoms with Crippen molar-refractivity contribution >= 4 is 40.5 Å². The number of nitrogens with one attached hydrogen (secondary N) is 3. The van der Waals surface area contributed by atoms with Crippen LogP contribution in [0, 0.1) is 17.0 Å². The highest BCUT2D eigenvalue weighted by Gasteiger charge is 2.28. The van der Waals surface area contributed by atoms with Crippen LogP contribution in [-0.4, -0.2) is 22.4 Å². The number of aryl methyl sites for hydroxylation is 1. The number of hydrogen-bond acceptors (Lipinski definition) is 7. The van der Waals surface area contributed by atoms with Gasteiger partial charge in [0.25, 0.3) is 11.6 Å². The van der Waals surface area contributed by atoms with Gasteiger partial charge in [-0.2, -0.15) is 5.10 Å². The van der Waals surface area contributed by atoms with Crippen LogP contribution >= 0.6 is 11.6 Å². The minimum absolute atomic E-state index is 0.0121. The second-order valence-electron chi connectivity index (χ2n) is 7.60. The summed E-state index contributed by atoms with van der Waals surface area (Å²) in [6.45, 7) is 1.75. The number of hydrazine groups is 1. The van der Waals surface area contributed by atoms with Crippen molar-refractivity contribution in [3.8, 4) is 0 Å². The molecule has 174 valence electrons. The van der Waals surface area contributed by atoms with Gasteiger partial charge in [-0.15, -0.1) is 0 Å². The number of benzene rings is 2. The number of anilines is 1. The lowest BCUT2D eigenvalue weighted by molar-refractivity contribution is -0.384. The summed E-state index contributed by atoms with van der Waals surface area (Å²) in [6.07, 6.45) is 2.10. The van der Waals surface area contributed by atoms with Crippen molar-refractivity contribution in [1.82, 2.24) is 10.9 Å². The Labute approximate surface area is 199 Å². The molecule has 2 amide bonds. The highest BCUT2D eigenvalue weighted by atomic mass is 35.5.